The second kappa shape index (κ2) is 13.7. The summed E-state index contributed by atoms with van der Waals surface area (Å²) in [4.78, 5) is 50.2. The van der Waals surface area contributed by atoms with Gasteiger partial charge in [0.05, 0.1) is 12.2 Å². The molecule has 1 fully saturated rings. The third kappa shape index (κ3) is 5.67. The van der Waals surface area contributed by atoms with Crippen LogP contribution in [-0.2, 0) is 32.1 Å². The van der Waals surface area contributed by atoms with Crippen LogP contribution >= 0.6 is 0 Å². The summed E-state index contributed by atoms with van der Waals surface area (Å²) in [6.07, 6.45) is 0.907. The lowest BCUT2D eigenvalue weighted by atomic mass is 9.56. The fourth-order valence-corrected chi connectivity index (χ4v) is 5.75. The van der Waals surface area contributed by atoms with E-state index in [0.29, 0.717) is 12.0 Å². The number of nitrogens with two attached hydrogens (primary N) is 2. The first kappa shape index (κ1) is 34.1. The van der Waals surface area contributed by atoms with Gasteiger partial charge in [0.15, 0.2) is 11.4 Å². The lowest BCUT2D eigenvalue weighted by molar-refractivity contribution is -0.152. The van der Waals surface area contributed by atoms with Crippen LogP contribution in [0.25, 0.3) is 5.76 Å². The molecule has 4 atom stereocenters. The number of ketones is 2. The van der Waals surface area contributed by atoms with Gasteiger partial charge in [-0.1, -0.05) is 48.0 Å². The van der Waals surface area contributed by atoms with Gasteiger partial charge in [-0.3, -0.25) is 14.4 Å². The molecule has 12 nitrogen and oxygen atoms in total. The minimum atomic E-state index is -2.67. The van der Waals surface area contributed by atoms with Crippen molar-refractivity contribution in [2.45, 2.75) is 79.4 Å². The predicted octanol–water partition coefficient (Wildman–Crippen LogP) is 3.33. The van der Waals surface area contributed by atoms with E-state index < -0.39 is 69.8 Å². The van der Waals surface area contributed by atoms with Crippen molar-refractivity contribution in [3.05, 3.63) is 39.7 Å². The number of phenolic OH excluding ortho intramolecular Hbond substituents is 1. The van der Waals surface area contributed by atoms with Crippen LogP contribution in [0.3, 0.4) is 0 Å². The van der Waals surface area contributed by atoms with Crippen molar-refractivity contribution in [1.82, 2.24) is 5.32 Å². The zero-order valence-corrected chi connectivity index (χ0v) is 25.0. The molecule has 1 saturated carbocycles. The molecule has 1 aromatic carbocycles. The number of aliphatic hydroxyl groups excluding tert-OH is 2. The number of carbonyl (C=O) groups excluding carboxylic acids is 4. The zero-order chi connectivity index (χ0) is 32.1. The monoisotopic (exact) mass is 589 g/mol. The molecule has 0 saturated heterocycles. The number of amides is 2. The second-order valence-electron chi connectivity index (χ2n) is 10.0. The fourth-order valence-electron chi connectivity index (χ4n) is 5.75. The molecule has 0 aliphatic heterocycles. The number of alkyl carbamates (subject to hydrolysis) is 1. The Morgan fingerprint density at radius 3 is 2.33 bits per heavy atom. The molecule has 232 valence electrons. The summed E-state index contributed by atoms with van der Waals surface area (Å²) in [5, 5.41) is 46.9. The van der Waals surface area contributed by atoms with Crippen molar-refractivity contribution in [3.63, 3.8) is 0 Å². The van der Waals surface area contributed by atoms with Crippen LogP contribution in [0.2, 0.25) is 0 Å². The number of nitrogens with one attached hydrogen (secondary N) is 1. The third-order valence-corrected chi connectivity index (χ3v) is 7.80. The minimum absolute atomic E-state index is 0.00279. The molecule has 9 N–H and O–H groups in total. The summed E-state index contributed by atoms with van der Waals surface area (Å²) in [5.74, 6) is -8.21. The van der Waals surface area contributed by atoms with Gasteiger partial charge in [0.1, 0.15) is 22.8 Å². The number of hydrogen-bond donors (Lipinski definition) is 7. The van der Waals surface area contributed by atoms with Gasteiger partial charge < -0.3 is 41.9 Å². The van der Waals surface area contributed by atoms with Gasteiger partial charge in [-0.25, -0.2) is 4.79 Å². The number of fused-ring (bicyclic) bond motifs is 3. The highest BCUT2D eigenvalue weighted by atomic mass is 16.5. The molecule has 2 unspecified atom stereocenters. The van der Waals surface area contributed by atoms with Gasteiger partial charge in [0.2, 0.25) is 5.78 Å². The van der Waals surface area contributed by atoms with E-state index in [0.717, 1.165) is 6.42 Å². The number of Topliss-reactive ketones (excluding diaryl/α,β-unsaturated/α-hetero) is 2. The van der Waals surface area contributed by atoms with Crippen LogP contribution in [0.15, 0.2) is 23.0 Å². The van der Waals surface area contributed by atoms with Crippen molar-refractivity contribution in [2.24, 2.45) is 23.5 Å². The molecule has 3 aliphatic carbocycles. The first-order valence-corrected chi connectivity index (χ1v) is 14.4. The summed E-state index contributed by atoms with van der Waals surface area (Å²) in [7, 11) is 0. The molecule has 0 spiro atoms. The second-order valence-corrected chi connectivity index (χ2v) is 10.0. The number of carbonyl (C=O) groups is 4. The van der Waals surface area contributed by atoms with E-state index in [1.807, 2.05) is 34.6 Å². The van der Waals surface area contributed by atoms with E-state index in [9.17, 15) is 39.6 Å². The highest BCUT2D eigenvalue weighted by Gasteiger charge is 2.62. The summed E-state index contributed by atoms with van der Waals surface area (Å²) < 4.78 is 5.03. The van der Waals surface area contributed by atoms with E-state index in [1.165, 1.54) is 13.0 Å². The van der Waals surface area contributed by atoms with Crippen molar-refractivity contribution >= 4 is 35.0 Å². The fraction of sp³-hybridized carbons (Fsp3) is 0.533. The maximum atomic E-state index is 13.7. The van der Waals surface area contributed by atoms with Crippen molar-refractivity contribution < 1.29 is 44.3 Å². The maximum absolute atomic E-state index is 13.7. The maximum Gasteiger partial charge on any atom is 0.407 e. The number of rotatable bonds is 6. The van der Waals surface area contributed by atoms with E-state index in [1.54, 1.807) is 0 Å². The molecule has 0 bridgehead atoms. The van der Waals surface area contributed by atoms with Crippen molar-refractivity contribution in [2.75, 3.05) is 12.3 Å². The Morgan fingerprint density at radius 1 is 1.14 bits per heavy atom. The molecule has 1 aromatic rings. The number of hydrogen-bond acceptors (Lipinski definition) is 10. The van der Waals surface area contributed by atoms with Crippen LogP contribution in [0.4, 0.5) is 10.5 Å². The average Bonchev–Trinajstić information content (AvgIpc) is 2.96. The summed E-state index contributed by atoms with van der Waals surface area (Å²) in [5.41, 5.74) is 8.25. The number of unbranched alkanes of at least 4 members (excludes halogenated alkanes) is 1. The number of aromatic hydroxyl groups is 1. The number of benzene rings is 1. The third-order valence-electron chi connectivity index (χ3n) is 7.80. The Kier molecular flexibility index (Phi) is 11.2. The number of aliphatic hydroxyl groups is 3. The average molecular weight is 590 g/mol. The van der Waals surface area contributed by atoms with Gasteiger partial charge in [0, 0.05) is 35.2 Å². The SMILES string of the molecule is CC.CC.CCCCOC(=O)NCc1cc(N)c2c(c1O)C(O)=C1C(=O)[C@]3(O)C(O)=C(C(N)=O)C(=O)C(C)[C@@H]3CC1C2. The van der Waals surface area contributed by atoms with Crippen LogP contribution in [0, 0.1) is 17.8 Å². The van der Waals surface area contributed by atoms with Crippen LogP contribution < -0.4 is 16.8 Å². The topological polar surface area (TPSA) is 222 Å². The van der Waals surface area contributed by atoms with E-state index in [4.69, 9.17) is 16.2 Å². The lowest BCUT2D eigenvalue weighted by Crippen LogP contribution is -2.61. The Hall–Kier alpha value is -4.06. The van der Waals surface area contributed by atoms with Crippen LogP contribution in [0.5, 0.6) is 5.75 Å². The molecule has 0 aromatic heterocycles. The normalized spacial score (nSPS) is 24.2. The molecule has 3 aliphatic rings. The highest BCUT2D eigenvalue weighted by molar-refractivity contribution is 6.23. The van der Waals surface area contributed by atoms with Crippen molar-refractivity contribution in [1.29, 1.82) is 0 Å². The Morgan fingerprint density at radius 2 is 1.76 bits per heavy atom. The quantitative estimate of drug-likeness (QED) is 0.111. The Labute approximate surface area is 245 Å². The first-order valence-electron chi connectivity index (χ1n) is 14.4. The summed E-state index contributed by atoms with van der Waals surface area (Å²) in [6.45, 7) is 11.4. The molecular formula is C30H43N3O9. The number of anilines is 1. The van der Waals surface area contributed by atoms with Crippen molar-refractivity contribution in [3.8, 4) is 5.75 Å². The summed E-state index contributed by atoms with van der Waals surface area (Å²) in [6, 6.07) is 1.44. The minimum Gasteiger partial charge on any atom is -0.508 e. The van der Waals surface area contributed by atoms with Crippen LogP contribution in [-0.4, -0.2) is 56.2 Å². The molecule has 2 amide bonds. The molecule has 4 rings (SSSR count). The number of phenols is 1. The van der Waals surface area contributed by atoms with E-state index in [-0.39, 0.29) is 48.4 Å². The molecule has 12 heteroatoms. The number of nitrogen functional groups attached to an aromatic ring is 1. The van der Waals surface area contributed by atoms with Gasteiger partial charge in [-0.05, 0) is 36.8 Å². The van der Waals surface area contributed by atoms with Gasteiger partial charge in [-0.15, -0.1) is 0 Å². The first-order chi connectivity index (χ1) is 19.9. The standard InChI is InChI=1S/C26H31N3O9.2C2H6/c1-3-4-5-38-25(36)29-9-12-8-15(27)13-6-11-7-14-10(2)19(30)18(24(28)35)23(34)26(14,37)22(33)16(11)21(32)17(13)20(12)31;2*1-2/h8,10-11,14,31-32,34,37H,3-7,9,27H2,1-2H3,(H2,28,35)(H,29,36);2*1-2H3/t10?,11?,14-,26-;;/m0../s1. The van der Waals surface area contributed by atoms with Gasteiger partial charge in [-0.2, -0.15) is 0 Å². The molecule has 42 heavy (non-hydrogen) atoms. The van der Waals surface area contributed by atoms with Crippen LogP contribution in [0.1, 0.15) is 77.5 Å². The Bertz CT molecular complexity index is 1320. The Balaban J connectivity index is 0.00000148. The molecule has 0 radical (unpaired) electrons. The van der Waals surface area contributed by atoms with Gasteiger partial charge >= 0.3 is 6.09 Å². The highest BCUT2D eigenvalue weighted by Crippen LogP contribution is 2.54. The number of primary amides is 1. The van der Waals surface area contributed by atoms with E-state index >= 15 is 0 Å². The van der Waals surface area contributed by atoms with E-state index in [2.05, 4.69) is 5.32 Å². The largest absolute Gasteiger partial charge is 0.508 e. The van der Waals surface area contributed by atoms with Gasteiger partial charge in [0.25, 0.3) is 5.91 Å². The number of ether oxygens (including phenoxy) is 1. The predicted molar refractivity (Wildman–Crippen MR) is 156 cm³/mol. The summed E-state index contributed by atoms with van der Waals surface area (Å²) >= 11 is 0. The smallest absolute Gasteiger partial charge is 0.407 e. The molecule has 0 heterocycles. The zero-order valence-electron chi connectivity index (χ0n) is 25.0. The lowest BCUT2D eigenvalue weighted by Gasteiger charge is -2.48. The molecular weight excluding hydrogens is 546 g/mol.